The van der Waals surface area contributed by atoms with Crippen LogP contribution in [0.4, 0.5) is 0 Å². The molecule has 0 unspecified atom stereocenters. The van der Waals surface area contributed by atoms with Gasteiger partial charge in [-0.15, -0.1) is 0 Å². The van der Waals surface area contributed by atoms with E-state index in [1.54, 1.807) is 0 Å². The van der Waals surface area contributed by atoms with Gasteiger partial charge in [0.05, 0.1) is 22.7 Å². The van der Waals surface area contributed by atoms with Crippen LogP contribution in [0.1, 0.15) is 65.2 Å². The van der Waals surface area contributed by atoms with Crippen molar-refractivity contribution in [3.05, 3.63) is 11.6 Å². The first-order valence-corrected chi connectivity index (χ1v) is 12.1. The topological polar surface area (TPSA) is 130 Å². The van der Waals surface area contributed by atoms with Crippen molar-refractivity contribution >= 4 is 18.2 Å². The van der Waals surface area contributed by atoms with Gasteiger partial charge in [-0.1, -0.05) is 6.92 Å². The molecule has 4 saturated carbocycles. The molecule has 0 radical (unpaired) electrons. The van der Waals surface area contributed by atoms with Gasteiger partial charge in [-0.2, -0.15) is 0 Å². The average molecular weight is 463 g/mol. The summed E-state index contributed by atoms with van der Waals surface area (Å²) in [6.45, 7) is 3.46. The SMILES string of the molecule is CC(=O)O[C@H]1C[C@]2(O)[C@@H]3CC[C@]4(O)C[C@@H](O)CC[C@]4(C=O)[C@@H]3CC[C@]2(C)[C@H]1C1=CC(=O)OC1. The highest BCUT2D eigenvalue weighted by atomic mass is 16.5. The van der Waals surface area contributed by atoms with Crippen LogP contribution in [0, 0.1) is 28.6 Å². The highest BCUT2D eigenvalue weighted by Gasteiger charge is 2.73. The Morgan fingerprint density at radius 3 is 2.52 bits per heavy atom. The summed E-state index contributed by atoms with van der Waals surface area (Å²) in [6.07, 6.45) is 4.40. The Morgan fingerprint density at radius 1 is 1.15 bits per heavy atom. The molecule has 1 aliphatic heterocycles. The van der Waals surface area contributed by atoms with Crippen LogP contribution in [0.15, 0.2) is 11.6 Å². The van der Waals surface area contributed by atoms with Crippen LogP contribution in [-0.4, -0.2) is 63.6 Å². The van der Waals surface area contributed by atoms with Crippen molar-refractivity contribution in [1.82, 2.24) is 0 Å². The van der Waals surface area contributed by atoms with E-state index < -0.39 is 46.2 Å². The van der Waals surface area contributed by atoms with E-state index in [1.807, 2.05) is 6.92 Å². The zero-order valence-electron chi connectivity index (χ0n) is 19.3. The van der Waals surface area contributed by atoms with Gasteiger partial charge in [-0.3, -0.25) is 4.79 Å². The zero-order valence-corrected chi connectivity index (χ0v) is 19.3. The second kappa shape index (κ2) is 7.36. The summed E-state index contributed by atoms with van der Waals surface area (Å²) in [5, 5.41) is 34.2. The molecule has 9 atom stereocenters. The number of hydrogen-bond donors (Lipinski definition) is 3. The molecule has 5 rings (SSSR count). The van der Waals surface area contributed by atoms with E-state index >= 15 is 0 Å². The molecule has 4 aliphatic carbocycles. The van der Waals surface area contributed by atoms with E-state index in [0.717, 1.165) is 11.9 Å². The number of aliphatic hydroxyl groups is 3. The second-order valence-corrected chi connectivity index (χ2v) is 11.4. The Labute approximate surface area is 193 Å². The highest BCUT2D eigenvalue weighted by Crippen LogP contribution is 2.70. The predicted octanol–water partition coefficient (Wildman–Crippen LogP) is 1.44. The lowest BCUT2D eigenvalue weighted by Gasteiger charge is -2.65. The maximum absolute atomic E-state index is 12.6. The van der Waals surface area contributed by atoms with Gasteiger partial charge in [0.1, 0.15) is 19.0 Å². The number of rotatable bonds is 3. The lowest BCUT2D eigenvalue weighted by molar-refractivity contribution is -0.248. The number of aliphatic hydroxyl groups excluding tert-OH is 1. The van der Waals surface area contributed by atoms with Gasteiger partial charge in [0, 0.05) is 37.2 Å². The fraction of sp³-hybridized carbons (Fsp3) is 0.800. The second-order valence-electron chi connectivity index (χ2n) is 11.4. The molecule has 3 N–H and O–H groups in total. The van der Waals surface area contributed by atoms with Crippen molar-refractivity contribution in [2.45, 2.75) is 88.6 Å². The van der Waals surface area contributed by atoms with E-state index in [0.29, 0.717) is 38.5 Å². The fourth-order valence-electron chi connectivity index (χ4n) is 8.71. The first-order chi connectivity index (χ1) is 15.5. The van der Waals surface area contributed by atoms with E-state index in [1.165, 1.54) is 13.0 Å². The molecule has 0 spiro atoms. The molecule has 0 aromatic heterocycles. The standard InChI is InChI=1S/C25H34O8/c1-14(27)33-19-11-25(31)18-5-8-24(30)10-16(28)3-7-23(24,13-26)17(18)4-6-22(25,2)21(19)15-9-20(29)32-12-15/h9,13,16-19,21,28,30-31H,3-8,10-12H2,1-2H3/t16-,17+,18+,19-,21-,22+,23-,24-,25-/m0/s1. The molecule has 4 fully saturated rings. The number of carbonyl (C=O) groups excluding carboxylic acids is 3. The summed E-state index contributed by atoms with van der Waals surface area (Å²) in [5.41, 5.74) is -3.46. The number of ether oxygens (including phenoxy) is 2. The maximum atomic E-state index is 12.6. The molecule has 1 heterocycles. The van der Waals surface area contributed by atoms with Crippen LogP contribution in [-0.2, 0) is 23.9 Å². The fourth-order valence-corrected chi connectivity index (χ4v) is 8.71. The smallest absolute Gasteiger partial charge is 0.331 e. The van der Waals surface area contributed by atoms with Gasteiger partial charge in [-0.05, 0) is 55.9 Å². The van der Waals surface area contributed by atoms with Crippen molar-refractivity contribution in [2.24, 2.45) is 28.6 Å². The largest absolute Gasteiger partial charge is 0.462 e. The van der Waals surface area contributed by atoms with E-state index in [2.05, 4.69) is 0 Å². The van der Waals surface area contributed by atoms with Crippen molar-refractivity contribution in [3.63, 3.8) is 0 Å². The van der Waals surface area contributed by atoms with Crippen LogP contribution in [0.3, 0.4) is 0 Å². The Kier molecular flexibility index (Phi) is 5.13. The summed E-state index contributed by atoms with van der Waals surface area (Å²) < 4.78 is 10.9. The van der Waals surface area contributed by atoms with Crippen LogP contribution < -0.4 is 0 Å². The molecule has 0 aromatic carbocycles. The third-order valence-corrected chi connectivity index (χ3v) is 10.1. The summed E-state index contributed by atoms with van der Waals surface area (Å²) in [4.78, 5) is 36.4. The Morgan fingerprint density at radius 2 is 1.88 bits per heavy atom. The Bertz CT molecular complexity index is 914. The molecule has 0 saturated heterocycles. The van der Waals surface area contributed by atoms with Gasteiger partial charge >= 0.3 is 11.9 Å². The molecule has 5 aliphatic rings. The van der Waals surface area contributed by atoms with Gasteiger partial charge in [0.25, 0.3) is 0 Å². The van der Waals surface area contributed by atoms with Crippen LogP contribution in [0.5, 0.6) is 0 Å². The van der Waals surface area contributed by atoms with Crippen LogP contribution in [0.2, 0.25) is 0 Å². The summed E-state index contributed by atoms with van der Waals surface area (Å²) in [6, 6.07) is 0. The Balaban J connectivity index is 1.56. The zero-order chi connectivity index (χ0) is 23.8. The summed E-state index contributed by atoms with van der Waals surface area (Å²) in [5.74, 6) is -1.73. The Hall–Kier alpha value is -1.77. The molecule has 0 amide bonds. The minimum absolute atomic E-state index is 0.122. The third-order valence-electron chi connectivity index (χ3n) is 10.1. The third kappa shape index (κ3) is 2.96. The van der Waals surface area contributed by atoms with Gasteiger partial charge in [0.15, 0.2) is 0 Å². The predicted molar refractivity (Wildman–Crippen MR) is 115 cm³/mol. The number of fused-ring (bicyclic) bond motifs is 5. The first kappa shape index (κ1) is 23.0. The molecule has 0 bridgehead atoms. The van der Waals surface area contributed by atoms with E-state index in [4.69, 9.17) is 9.47 Å². The number of hydrogen-bond acceptors (Lipinski definition) is 8. The number of esters is 2. The minimum atomic E-state index is -1.28. The molecule has 0 aromatic rings. The van der Waals surface area contributed by atoms with Crippen molar-refractivity contribution in [1.29, 1.82) is 0 Å². The normalized spacial score (nSPS) is 51.0. The number of carbonyl (C=O) groups is 3. The first-order valence-electron chi connectivity index (χ1n) is 12.1. The monoisotopic (exact) mass is 462 g/mol. The van der Waals surface area contributed by atoms with Crippen molar-refractivity contribution in [3.8, 4) is 0 Å². The summed E-state index contributed by atoms with van der Waals surface area (Å²) in [7, 11) is 0. The number of cyclic esters (lactones) is 1. The molecule has 8 heteroatoms. The van der Waals surface area contributed by atoms with E-state index in [9.17, 15) is 29.7 Å². The van der Waals surface area contributed by atoms with E-state index in [-0.39, 0.29) is 37.2 Å². The van der Waals surface area contributed by atoms with Gasteiger partial charge in [-0.25, -0.2) is 4.79 Å². The van der Waals surface area contributed by atoms with Crippen LogP contribution in [0.25, 0.3) is 0 Å². The molecule has 182 valence electrons. The van der Waals surface area contributed by atoms with Crippen LogP contribution >= 0.6 is 0 Å². The van der Waals surface area contributed by atoms with Gasteiger partial charge < -0.3 is 29.6 Å². The quantitative estimate of drug-likeness (QED) is 0.424. The lowest BCUT2D eigenvalue weighted by atomic mass is 9.41. The molecule has 8 nitrogen and oxygen atoms in total. The maximum Gasteiger partial charge on any atom is 0.331 e. The minimum Gasteiger partial charge on any atom is -0.462 e. The van der Waals surface area contributed by atoms with Crippen molar-refractivity contribution in [2.75, 3.05) is 6.61 Å². The molecular weight excluding hydrogens is 428 g/mol. The molecule has 33 heavy (non-hydrogen) atoms. The lowest BCUT2D eigenvalue weighted by Crippen LogP contribution is -2.68. The highest BCUT2D eigenvalue weighted by molar-refractivity contribution is 5.85. The average Bonchev–Trinajstić information content (AvgIpc) is 3.24. The molecular formula is C25H34O8. The van der Waals surface area contributed by atoms with Gasteiger partial charge in [0.2, 0.25) is 0 Å². The van der Waals surface area contributed by atoms with Crippen molar-refractivity contribution < 1.29 is 39.2 Å². The number of aldehydes is 1. The summed E-state index contributed by atoms with van der Waals surface area (Å²) >= 11 is 0.